The summed E-state index contributed by atoms with van der Waals surface area (Å²) in [6.07, 6.45) is 9.82. The fourth-order valence-electron chi connectivity index (χ4n) is 1.86. The number of hydrogen-bond donors (Lipinski definition) is 1. The molecule has 84 valence electrons. The number of nitrogens with one attached hydrogen (secondary N) is 1. The van der Waals surface area contributed by atoms with Crippen molar-refractivity contribution in [1.29, 1.82) is 0 Å². The van der Waals surface area contributed by atoms with E-state index in [9.17, 15) is 0 Å². The van der Waals surface area contributed by atoms with Gasteiger partial charge in [-0.15, -0.1) is 0 Å². The van der Waals surface area contributed by atoms with Gasteiger partial charge in [0.15, 0.2) is 0 Å². The SMILES string of the molecule is c1cn(CCNCC2CCCCO2)cn1. The number of nitrogens with zero attached hydrogens (tertiary/aromatic N) is 2. The Morgan fingerprint density at radius 1 is 1.47 bits per heavy atom. The van der Waals surface area contributed by atoms with E-state index in [1.165, 1.54) is 19.3 Å². The maximum absolute atomic E-state index is 5.63. The van der Waals surface area contributed by atoms with Gasteiger partial charge in [-0.3, -0.25) is 0 Å². The van der Waals surface area contributed by atoms with Crippen molar-refractivity contribution in [2.75, 3.05) is 19.7 Å². The van der Waals surface area contributed by atoms with Crippen molar-refractivity contribution >= 4 is 0 Å². The Kier molecular flexibility index (Phi) is 4.17. The van der Waals surface area contributed by atoms with Crippen LogP contribution in [-0.2, 0) is 11.3 Å². The fraction of sp³-hybridized carbons (Fsp3) is 0.727. The van der Waals surface area contributed by atoms with Crippen molar-refractivity contribution in [3.63, 3.8) is 0 Å². The van der Waals surface area contributed by atoms with Gasteiger partial charge in [0.25, 0.3) is 0 Å². The fourth-order valence-corrected chi connectivity index (χ4v) is 1.86. The van der Waals surface area contributed by atoms with E-state index in [1.54, 1.807) is 0 Å². The van der Waals surface area contributed by atoms with E-state index in [0.29, 0.717) is 6.10 Å². The molecule has 1 N–H and O–H groups in total. The summed E-state index contributed by atoms with van der Waals surface area (Å²) in [6.45, 7) is 3.88. The molecule has 4 nitrogen and oxygen atoms in total. The van der Waals surface area contributed by atoms with Gasteiger partial charge in [0, 0.05) is 38.6 Å². The van der Waals surface area contributed by atoms with E-state index in [0.717, 1.165) is 26.2 Å². The van der Waals surface area contributed by atoms with E-state index in [2.05, 4.69) is 14.9 Å². The molecule has 0 amide bonds. The van der Waals surface area contributed by atoms with Gasteiger partial charge in [-0.2, -0.15) is 0 Å². The lowest BCUT2D eigenvalue weighted by atomic mass is 10.1. The van der Waals surface area contributed by atoms with Gasteiger partial charge in [-0.25, -0.2) is 4.98 Å². The molecule has 1 unspecified atom stereocenters. The molecule has 1 saturated heterocycles. The summed E-state index contributed by atoms with van der Waals surface area (Å²) >= 11 is 0. The minimum absolute atomic E-state index is 0.432. The number of ether oxygens (including phenoxy) is 1. The lowest BCUT2D eigenvalue weighted by Crippen LogP contribution is -2.33. The second kappa shape index (κ2) is 5.88. The zero-order chi connectivity index (χ0) is 10.3. The minimum atomic E-state index is 0.432. The molecule has 1 aliphatic heterocycles. The molecule has 4 heteroatoms. The van der Waals surface area contributed by atoms with Crippen LogP contribution in [0.25, 0.3) is 0 Å². The van der Waals surface area contributed by atoms with Gasteiger partial charge < -0.3 is 14.6 Å². The summed E-state index contributed by atoms with van der Waals surface area (Å²) in [5.41, 5.74) is 0. The quantitative estimate of drug-likeness (QED) is 0.736. The van der Waals surface area contributed by atoms with Crippen molar-refractivity contribution in [3.05, 3.63) is 18.7 Å². The summed E-state index contributed by atoms with van der Waals surface area (Å²) < 4.78 is 7.71. The van der Waals surface area contributed by atoms with E-state index in [1.807, 2.05) is 18.7 Å². The molecule has 2 rings (SSSR count). The van der Waals surface area contributed by atoms with Crippen molar-refractivity contribution in [1.82, 2.24) is 14.9 Å². The van der Waals surface area contributed by atoms with Crippen LogP contribution in [0, 0.1) is 0 Å². The molecule has 15 heavy (non-hydrogen) atoms. The lowest BCUT2D eigenvalue weighted by Gasteiger charge is -2.22. The maximum atomic E-state index is 5.63. The zero-order valence-corrected chi connectivity index (χ0v) is 9.06. The average molecular weight is 209 g/mol. The number of hydrogen-bond acceptors (Lipinski definition) is 3. The van der Waals surface area contributed by atoms with Gasteiger partial charge in [0.2, 0.25) is 0 Å². The number of rotatable bonds is 5. The number of imidazole rings is 1. The first-order chi connectivity index (χ1) is 7.45. The smallest absolute Gasteiger partial charge is 0.0946 e. The molecular formula is C11H19N3O. The highest BCUT2D eigenvalue weighted by molar-refractivity contribution is 4.74. The standard InChI is InChI=1S/C11H19N3O/c1-2-8-15-11(3-1)9-12-4-6-14-7-5-13-10-14/h5,7,10-12H,1-4,6,8-9H2. The average Bonchev–Trinajstić information content (AvgIpc) is 2.79. The van der Waals surface area contributed by atoms with Crippen LogP contribution in [-0.4, -0.2) is 35.4 Å². The van der Waals surface area contributed by atoms with Crippen LogP contribution in [0.15, 0.2) is 18.7 Å². The highest BCUT2D eigenvalue weighted by Gasteiger charge is 2.12. The van der Waals surface area contributed by atoms with Crippen LogP contribution in [0.4, 0.5) is 0 Å². The largest absolute Gasteiger partial charge is 0.377 e. The van der Waals surface area contributed by atoms with Gasteiger partial charge in [-0.1, -0.05) is 0 Å². The van der Waals surface area contributed by atoms with Crippen LogP contribution in [0.2, 0.25) is 0 Å². The highest BCUT2D eigenvalue weighted by Crippen LogP contribution is 2.11. The molecule has 1 aromatic rings. The first-order valence-corrected chi connectivity index (χ1v) is 5.73. The lowest BCUT2D eigenvalue weighted by molar-refractivity contribution is 0.0169. The van der Waals surface area contributed by atoms with Crippen molar-refractivity contribution in [2.24, 2.45) is 0 Å². The molecule has 0 saturated carbocycles. The summed E-state index contributed by atoms with van der Waals surface area (Å²) in [5.74, 6) is 0. The van der Waals surface area contributed by atoms with Crippen molar-refractivity contribution in [3.8, 4) is 0 Å². The Bertz CT molecular complexity index is 255. The Morgan fingerprint density at radius 3 is 3.20 bits per heavy atom. The molecule has 0 aliphatic carbocycles. The minimum Gasteiger partial charge on any atom is -0.377 e. The first-order valence-electron chi connectivity index (χ1n) is 5.73. The van der Waals surface area contributed by atoms with E-state index < -0.39 is 0 Å². The van der Waals surface area contributed by atoms with Crippen LogP contribution >= 0.6 is 0 Å². The summed E-state index contributed by atoms with van der Waals surface area (Å²) in [5, 5.41) is 3.42. The molecule has 0 radical (unpaired) electrons. The molecule has 0 spiro atoms. The van der Waals surface area contributed by atoms with Crippen LogP contribution < -0.4 is 5.32 Å². The van der Waals surface area contributed by atoms with Gasteiger partial charge in [0.05, 0.1) is 12.4 Å². The molecule has 1 atom stereocenters. The second-order valence-corrected chi connectivity index (χ2v) is 3.99. The number of aromatic nitrogens is 2. The molecule has 0 bridgehead atoms. The summed E-state index contributed by atoms with van der Waals surface area (Å²) in [6, 6.07) is 0. The van der Waals surface area contributed by atoms with Crippen LogP contribution in [0.5, 0.6) is 0 Å². The first kappa shape index (κ1) is 10.6. The van der Waals surface area contributed by atoms with Crippen molar-refractivity contribution < 1.29 is 4.74 Å². The van der Waals surface area contributed by atoms with Gasteiger partial charge in [0.1, 0.15) is 0 Å². The molecule has 2 heterocycles. The molecule has 1 aromatic heterocycles. The monoisotopic (exact) mass is 209 g/mol. The van der Waals surface area contributed by atoms with Crippen molar-refractivity contribution in [2.45, 2.75) is 31.9 Å². The predicted octanol–water partition coefficient (Wildman–Crippen LogP) is 1.04. The van der Waals surface area contributed by atoms with Gasteiger partial charge >= 0.3 is 0 Å². The summed E-state index contributed by atoms with van der Waals surface area (Å²) in [4.78, 5) is 4.00. The zero-order valence-electron chi connectivity index (χ0n) is 9.06. The van der Waals surface area contributed by atoms with Crippen LogP contribution in [0.3, 0.4) is 0 Å². The Hall–Kier alpha value is -0.870. The third-order valence-electron chi connectivity index (χ3n) is 2.75. The highest BCUT2D eigenvalue weighted by atomic mass is 16.5. The molecule has 1 aliphatic rings. The van der Waals surface area contributed by atoms with E-state index >= 15 is 0 Å². The molecule has 1 fully saturated rings. The topological polar surface area (TPSA) is 39.1 Å². The normalized spacial score (nSPS) is 21.7. The predicted molar refractivity (Wildman–Crippen MR) is 58.7 cm³/mol. The third kappa shape index (κ3) is 3.64. The Labute approximate surface area is 90.6 Å². The van der Waals surface area contributed by atoms with Crippen LogP contribution in [0.1, 0.15) is 19.3 Å². The molecular weight excluding hydrogens is 190 g/mol. The van der Waals surface area contributed by atoms with Gasteiger partial charge in [-0.05, 0) is 19.3 Å². The van der Waals surface area contributed by atoms with E-state index in [-0.39, 0.29) is 0 Å². The molecule has 0 aromatic carbocycles. The maximum Gasteiger partial charge on any atom is 0.0946 e. The van der Waals surface area contributed by atoms with E-state index in [4.69, 9.17) is 4.74 Å². The second-order valence-electron chi connectivity index (χ2n) is 3.99. The summed E-state index contributed by atoms with van der Waals surface area (Å²) in [7, 11) is 0. The Balaban J connectivity index is 1.54. The third-order valence-corrected chi connectivity index (χ3v) is 2.75. The Morgan fingerprint density at radius 2 is 2.47 bits per heavy atom.